The first-order chi connectivity index (χ1) is 12.9. The van der Waals surface area contributed by atoms with E-state index in [-0.39, 0.29) is 16.5 Å². The van der Waals surface area contributed by atoms with Crippen LogP contribution in [0.4, 0.5) is 8.78 Å². The van der Waals surface area contributed by atoms with Crippen LogP contribution >= 0.6 is 15.9 Å². The van der Waals surface area contributed by atoms with Crippen LogP contribution in [-0.2, 0) is 22.4 Å². The number of aromatic nitrogens is 2. The maximum absolute atomic E-state index is 14.3. The van der Waals surface area contributed by atoms with Crippen molar-refractivity contribution in [1.82, 2.24) is 9.55 Å². The molecule has 0 saturated heterocycles. The molecule has 3 aromatic rings. The van der Waals surface area contributed by atoms with Gasteiger partial charge in [-0.1, -0.05) is 0 Å². The topological polar surface area (TPSA) is 53.4 Å². The highest BCUT2D eigenvalue weighted by molar-refractivity contribution is 9.10. The van der Waals surface area contributed by atoms with Crippen molar-refractivity contribution in [3.05, 3.63) is 63.4 Å². The largest absolute Gasteiger partial charge is 0.465 e. The number of halogens is 3. The number of carbonyl (C=O) groups is 1. The molecule has 2 aromatic carbocycles. The molecule has 0 unspecified atom stereocenters. The third-order valence-electron chi connectivity index (χ3n) is 4.21. The number of methoxy groups -OCH3 is 2. The summed E-state index contributed by atoms with van der Waals surface area (Å²) in [5.74, 6) is -0.980. The molecule has 0 aliphatic rings. The highest BCUT2D eigenvalue weighted by atomic mass is 79.9. The molecule has 8 heteroatoms. The third-order valence-corrected chi connectivity index (χ3v) is 4.81. The van der Waals surface area contributed by atoms with Crippen LogP contribution in [0.3, 0.4) is 0 Å². The fraction of sp³-hybridized carbons (Fsp3) is 0.263. The Balaban J connectivity index is 2.08. The van der Waals surface area contributed by atoms with Gasteiger partial charge >= 0.3 is 5.97 Å². The first-order valence-electron chi connectivity index (χ1n) is 8.14. The molecule has 0 radical (unpaired) electrons. The molecule has 0 aliphatic heterocycles. The minimum atomic E-state index is -0.543. The van der Waals surface area contributed by atoms with E-state index in [0.29, 0.717) is 35.6 Å². The van der Waals surface area contributed by atoms with Crippen molar-refractivity contribution >= 4 is 32.9 Å². The molecular formula is C19H17BrF2N2O3. The highest BCUT2D eigenvalue weighted by Gasteiger charge is 2.17. The predicted molar refractivity (Wildman–Crippen MR) is 99.8 cm³/mol. The van der Waals surface area contributed by atoms with E-state index in [1.807, 2.05) is 4.57 Å². The van der Waals surface area contributed by atoms with E-state index in [9.17, 15) is 13.6 Å². The van der Waals surface area contributed by atoms with Crippen LogP contribution in [0.15, 0.2) is 34.8 Å². The quantitative estimate of drug-likeness (QED) is 0.429. The van der Waals surface area contributed by atoms with Gasteiger partial charge in [-0.25, -0.2) is 18.6 Å². The Kier molecular flexibility index (Phi) is 5.86. The van der Waals surface area contributed by atoms with Gasteiger partial charge in [0.2, 0.25) is 0 Å². The van der Waals surface area contributed by atoms with Gasteiger partial charge in [-0.05, 0) is 51.8 Å². The van der Waals surface area contributed by atoms with Gasteiger partial charge in [0.1, 0.15) is 17.5 Å². The average molecular weight is 439 g/mol. The molecule has 3 rings (SSSR count). The number of carbonyl (C=O) groups excluding carboxylic acids is 1. The van der Waals surface area contributed by atoms with Crippen LogP contribution in [-0.4, -0.2) is 36.3 Å². The normalized spacial score (nSPS) is 11.1. The lowest BCUT2D eigenvalue weighted by atomic mass is 10.1. The fourth-order valence-electron chi connectivity index (χ4n) is 2.85. The van der Waals surface area contributed by atoms with E-state index in [1.165, 1.54) is 7.11 Å². The van der Waals surface area contributed by atoms with Crippen molar-refractivity contribution in [2.24, 2.45) is 0 Å². The lowest BCUT2D eigenvalue weighted by Gasteiger charge is -2.10. The van der Waals surface area contributed by atoms with Gasteiger partial charge in [-0.3, -0.25) is 0 Å². The number of rotatable bonds is 6. The summed E-state index contributed by atoms with van der Waals surface area (Å²) in [5.41, 5.74) is 1.92. The molecule has 0 N–H and O–H groups in total. The summed E-state index contributed by atoms with van der Waals surface area (Å²) in [6, 6.07) is 7.24. The third kappa shape index (κ3) is 4.01. The summed E-state index contributed by atoms with van der Waals surface area (Å²) in [6.45, 7) is 0.853. The van der Waals surface area contributed by atoms with Crippen molar-refractivity contribution in [1.29, 1.82) is 0 Å². The maximum Gasteiger partial charge on any atom is 0.337 e. The molecular weight excluding hydrogens is 422 g/mol. The van der Waals surface area contributed by atoms with Crippen LogP contribution in [0.25, 0.3) is 11.0 Å². The molecule has 5 nitrogen and oxygen atoms in total. The summed E-state index contributed by atoms with van der Waals surface area (Å²) >= 11 is 2.97. The van der Waals surface area contributed by atoms with E-state index in [4.69, 9.17) is 9.47 Å². The Morgan fingerprint density at radius 2 is 1.96 bits per heavy atom. The van der Waals surface area contributed by atoms with Gasteiger partial charge in [-0.2, -0.15) is 0 Å². The molecule has 1 aromatic heterocycles. The summed E-state index contributed by atoms with van der Waals surface area (Å²) in [7, 11) is 2.88. The molecule has 0 atom stereocenters. The van der Waals surface area contributed by atoms with Gasteiger partial charge in [0.15, 0.2) is 0 Å². The number of imidazole rings is 1. The minimum absolute atomic E-state index is 0.0688. The SMILES string of the molecule is COCCn1c(Cc2cc(F)c(Br)cc2F)nc2ccc(C(=O)OC)cc21. The number of hydrogen-bond donors (Lipinski definition) is 0. The lowest BCUT2D eigenvalue weighted by Crippen LogP contribution is -2.10. The Morgan fingerprint density at radius 3 is 2.67 bits per heavy atom. The molecule has 0 aliphatic carbocycles. The zero-order valence-corrected chi connectivity index (χ0v) is 16.3. The van der Waals surface area contributed by atoms with Crippen LogP contribution in [0.2, 0.25) is 0 Å². The van der Waals surface area contributed by atoms with Crippen molar-refractivity contribution in [3.8, 4) is 0 Å². The molecule has 1 heterocycles. The Bertz CT molecular complexity index is 1000. The maximum atomic E-state index is 14.3. The van der Waals surface area contributed by atoms with E-state index in [0.717, 1.165) is 12.1 Å². The molecule has 142 valence electrons. The van der Waals surface area contributed by atoms with Gasteiger partial charge < -0.3 is 14.0 Å². The van der Waals surface area contributed by atoms with E-state index < -0.39 is 17.6 Å². The molecule has 0 saturated carbocycles. The van der Waals surface area contributed by atoms with Gasteiger partial charge in [0.25, 0.3) is 0 Å². The summed E-state index contributed by atoms with van der Waals surface area (Å²) in [4.78, 5) is 16.4. The first kappa shape index (κ1) is 19.4. The van der Waals surface area contributed by atoms with Gasteiger partial charge in [0, 0.05) is 20.1 Å². The second-order valence-electron chi connectivity index (χ2n) is 5.90. The van der Waals surface area contributed by atoms with Crippen LogP contribution in [0.5, 0.6) is 0 Å². The lowest BCUT2D eigenvalue weighted by molar-refractivity contribution is 0.0601. The summed E-state index contributed by atoms with van der Waals surface area (Å²) in [5, 5.41) is 0. The number of fused-ring (bicyclic) bond motifs is 1. The van der Waals surface area contributed by atoms with E-state index >= 15 is 0 Å². The molecule has 0 amide bonds. The summed E-state index contributed by atoms with van der Waals surface area (Å²) < 4.78 is 39.9. The smallest absolute Gasteiger partial charge is 0.337 e. The predicted octanol–water partition coefficient (Wildman–Crippen LogP) is 4.10. The number of esters is 1. The van der Waals surface area contributed by atoms with Gasteiger partial charge in [-0.15, -0.1) is 0 Å². The van der Waals surface area contributed by atoms with Crippen LogP contribution in [0, 0.1) is 11.6 Å². The first-order valence-corrected chi connectivity index (χ1v) is 8.93. The molecule has 27 heavy (non-hydrogen) atoms. The van der Waals surface area contributed by atoms with Gasteiger partial charge in [0.05, 0.1) is 34.8 Å². The van der Waals surface area contributed by atoms with Crippen molar-refractivity contribution in [3.63, 3.8) is 0 Å². The van der Waals surface area contributed by atoms with E-state index in [2.05, 4.69) is 20.9 Å². The Morgan fingerprint density at radius 1 is 1.19 bits per heavy atom. The Hall–Kier alpha value is -2.32. The Labute approximate surface area is 163 Å². The number of benzene rings is 2. The standard InChI is InChI=1S/C19H17BrF2N2O3/c1-26-6-5-24-17-8-11(19(25)27-2)3-4-16(17)23-18(24)9-12-7-15(22)13(20)10-14(12)21/h3-4,7-8,10H,5-6,9H2,1-2H3. The fourth-order valence-corrected chi connectivity index (χ4v) is 3.17. The second-order valence-corrected chi connectivity index (χ2v) is 6.76. The molecule has 0 spiro atoms. The highest BCUT2D eigenvalue weighted by Crippen LogP contribution is 2.24. The van der Waals surface area contributed by atoms with Crippen molar-refractivity contribution in [2.45, 2.75) is 13.0 Å². The molecule has 0 bridgehead atoms. The van der Waals surface area contributed by atoms with Crippen molar-refractivity contribution < 1.29 is 23.0 Å². The zero-order chi connectivity index (χ0) is 19.6. The minimum Gasteiger partial charge on any atom is -0.465 e. The van der Waals surface area contributed by atoms with Crippen molar-refractivity contribution in [2.75, 3.05) is 20.8 Å². The number of nitrogens with zero attached hydrogens (tertiary/aromatic N) is 2. The average Bonchev–Trinajstić information content (AvgIpc) is 3.00. The van der Waals surface area contributed by atoms with Crippen LogP contribution < -0.4 is 0 Å². The van der Waals surface area contributed by atoms with E-state index in [1.54, 1.807) is 25.3 Å². The number of ether oxygens (including phenoxy) is 2. The monoisotopic (exact) mass is 438 g/mol. The second kappa shape index (κ2) is 8.14. The van der Waals surface area contributed by atoms with Crippen LogP contribution in [0.1, 0.15) is 21.7 Å². The zero-order valence-electron chi connectivity index (χ0n) is 14.8. The summed E-state index contributed by atoms with van der Waals surface area (Å²) in [6.07, 6.45) is 0.0992. The molecule has 0 fully saturated rings. The number of hydrogen-bond acceptors (Lipinski definition) is 4.